The number of aromatic nitrogens is 3. The summed E-state index contributed by atoms with van der Waals surface area (Å²) in [6.07, 6.45) is 3.41. The number of amides is 1. The van der Waals surface area contributed by atoms with Gasteiger partial charge in [-0.05, 0) is 25.0 Å². The molecule has 0 aliphatic carbocycles. The van der Waals surface area contributed by atoms with Crippen LogP contribution >= 0.6 is 0 Å². The smallest absolute Gasteiger partial charge is 0.251 e. The second-order valence-electron chi connectivity index (χ2n) is 6.13. The Bertz CT molecular complexity index is 714. The maximum Gasteiger partial charge on any atom is 0.251 e. The lowest BCUT2D eigenvalue weighted by molar-refractivity contribution is -0.141. The van der Waals surface area contributed by atoms with Crippen LogP contribution in [0, 0.1) is 0 Å². The van der Waals surface area contributed by atoms with Crippen molar-refractivity contribution >= 4 is 23.0 Å². The minimum absolute atomic E-state index is 0.147. The Balaban J connectivity index is 1.46. The molecular weight excluding hydrogens is 294 g/mol. The van der Waals surface area contributed by atoms with Crippen LogP contribution in [0.1, 0.15) is 12.8 Å². The number of ether oxygens (including phenoxy) is 1. The van der Waals surface area contributed by atoms with Crippen molar-refractivity contribution < 1.29 is 9.53 Å². The van der Waals surface area contributed by atoms with E-state index in [2.05, 4.69) is 14.9 Å². The van der Waals surface area contributed by atoms with Crippen LogP contribution in [0.3, 0.4) is 0 Å². The fraction of sp³-hybridized carbons (Fsp3) is 0.562. The molecule has 2 saturated heterocycles. The van der Waals surface area contributed by atoms with Gasteiger partial charge in [0.25, 0.3) is 5.91 Å². The van der Waals surface area contributed by atoms with E-state index in [4.69, 9.17) is 4.74 Å². The van der Waals surface area contributed by atoms with Crippen molar-refractivity contribution in [1.29, 1.82) is 0 Å². The Hall–Kier alpha value is -2.15. The molecule has 2 fully saturated rings. The number of pyridine rings is 1. The molecule has 7 nitrogen and oxygen atoms in total. The summed E-state index contributed by atoms with van der Waals surface area (Å²) in [6.45, 7) is 3.72. The molecule has 2 aliphatic rings. The molecule has 0 N–H and O–H groups in total. The standard InChI is InChI=1S/C16H21N5O2/c1-19-14-12(4-2-6-17-14)18-16(19)21-9-7-20(8-10-21)15(22)13-5-3-11-23-13/h2,4,6,13H,3,5,7-11H2,1H3. The molecule has 2 aliphatic heterocycles. The average Bonchev–Trinajstić information content (AvgIpc) is 3.23. The van der Waals surface area contributed by atoms with Crippen molar-refractivity contribution in [3.8, 4) is 0 Å². The molecule has 7 heteroatoms. The molecular formula is C16H21N5O2. The summed E-state index contributed by atoms with van der Waals surface area (Å²) in [6, 6.07) is 3.88. The van der Waals surface area contributed by atoms with E-state index in [9.17, 15) is 4.79 Å². The zero-order valence-corrected chi connectivity index (χ0v) is 13.3. The summed E-state index contributed by atoms with van der Waals surface area (Å²) in [5, 5.41) is 0. The number of hydrogen-bond donors (Lipinski definition) is 0. The monoisotopic (exact) mass is 315 g/mol. The average molecular weight is 315 g/mol. The molecule has 4 heterocycles. The molecule has 2 aromatic heterocycles. The van der Waals surface area contributed by atoms with Gasteiger partial charge in [0.05, 0.1) is 0 Å². The van der Waals surface area contributed by atoms with Crippen LogP contribution in [0.2, 0.25) is 0 Å². The number of aryl methyl sites for hydroxylation is 1. The van der Waals surface area contributed by atoms with E-state index in [-0.39, 0.29) is 12.0 Å². The number of carbonyl (C=O) groups excluding carboxylic acids is 1. The van der Waals surface area contributed by atoms with Gasteiger partial charge in [0.1, 0.15) is 11.6 Å². The summed E-state index contributed by atoms with van der Waals surface area (Å²) < 4.78 is 7.53. The number of rotatable bonds is 2. The Kier molecular flexibility index (Phi) is 3.65. The minimum Gasteiger partial charge on any atom is -0.368 e. The van der Waals surface area contributed by atoms with Crippen molar-refractivity contribution in [1.82, 2.24) is 19.4 Å². The second-order valence-corrected chi connectivity index (χ2v) is 6.13. The minimum atomic E-state index is -0.221. The zero-order chi connectivity index (χ0) is 15.8. The van der Waals surface area contributed by atoms with Gasteiger partial charge in [-0.2, -0.15) is 0 Å². The number of carbonyl (C=O) groups is 1. The number of piperazine rings is 1. The van der Waals surface area contributed by atoms with Crippen molar-refractivity contribution in [2.45, 2.75) is 18.9 Å². The maximum absolute atomic E-state index is 12.4. The highest BCUT2D eigenvalue weighted by molar-refractivity contribution is 5.81. The van der Waals surface area contributed by atoms with Gasteiger partial charge in [0.15, 0.2) is 5.65 Å². The van der Waals surface area contributed by atoms with Gasteiger partial charge in [-0.3, -0.25) is 9.36 Å². The molecule has 0 spiro atoms. The molecule has 0 radical (unpaired) electrons. The fourth-order valence-corrected chi connectivity index (χ4v) is 3.40. The van der Waals surface area contributed by atoms with E-state index in [1.54, 1.807) is 6.20 Å². The van der Waals surface area contributed by atoms with Gasteiger partial charge in [-0.15, -0.1) is 0 Å². The van der Waals surface area contributed by atoms with Crippen LogP contribution in [0.4, 0.5) is 5.95 Å². The molecule has 1 amide bonds. The molecule has 122 valence electrons. The van der Waals surface area contributed by atoms with E-state index >= 15 is 0 Å². The van der Waals surface area contributed by atoms with Crippen LogP contribution in [0.25, 0.3) is 11.2 Å². The van der Waals surface area contributed by atoms with Gasteiger partial charge < -0.3 is 14.5 Å². The Labute approximate surface area is 134 Å². The zero-order valence-electron chi connectivity index (χ0n) is 13.3. The Morgan fingerprint density at radius 3 is 2.83 bits per heavy atom. The lowest BCUT2D eigenvalue weighted by Gasteiger charge is -2.36. The third-order valence-corrected chi connectivity index (χ3v) is 4.68. The summed E-state index contributed by atoms with van der Waals surface area (Å²) in [7, 11) is 1.99. The highest BCUT2D eigenvalue weighted by Gasteiger charge is 2.31. The second kappa shape index (κ2) is 5.81. The molecule has 1 unspecified atom stereocenters. The maximum atomic E-state index is 12.4. The molecule has 2 aromatic rings. The predicted octanol–water partition coefficient (Wildman–Crippen LogP) is 0.796. The molecule has 0 bridgehead atoms. The van der Waals surface area contributed by atoms with E-state index in [0.717, 1.165) is 56.1 Å². The Morgan fingerprint density at radius 2 is 2.13 bits per heavy atom. The first-order chi connectivity index (χ1) is 11.2. The van der Waals surface area contributed by atoms with Crippen LogP contribution in [0.5, 0.6) is 0 Å². The van der Waals surface area contributed by atoms with Crippen LogP contribution in [-0.2, 0) is 16.6 Å². The topological polar surface area (TPSA) is 63.5 Å². The normalized spacial score (nSPS) is 22.0. The summed E-state index contributed by atoms with van der Waals surface area (Å²) in [5.74, 6) is 1.07. The lowest BCUT2D eigenvalue weighted by Crippen LogP contribution is -2.52. The van der Waals surface area contributed by atoms with Gasteiger partial charge in [-0.25, -0.2) is 9.97 Å². The number of hydrogen-bond acceptors (Lipinski definition) is 5. The first kappa shape index (κ1) is 14.4. The predicted molar refractivity (Wildman–Crippen MR) is 86.3 cm³/mol. The number of fused-ring (bicyclic) bond motifs is 1. The van der Waals surface area contributed by atoms with Gasteiger partial charge in [-0.1, -0.05) is 0 Å². The molecule has 1 atom stereocenters. The summed E-state index contributed by atoms with van der Waals surface area (Å²) >= 11 is 0. The fourth-order valence-electron chi connectivity index (χ4n) is 3.40. The first-order valence-electron chi connectivity index (χ1n) is 8.17. The number of imidazole rings is 1. The van der Waals surface area contributed by atoms with Crippen molar-refractivity contribution in [2.24, 2.45) is 7.05 Å². The van der Waals surface area contributed by atoms with Crippen molar-refractivity contribution in [3.63, 3.8) is 0 Å². The van der Waals surface area contributed by atoms with Crippen LogP contribution in [-0.4, -0.2) is 64.2 Å². The van der Waals surface area contributed by atoms with E-state index in [0.29, 0.717) is 6.61 Å². The van der Waals surface area contributed by atoms with Gasteiger partial charge in [0.2, 0.25) is 5.95 Å². The largest absolute Gasteiger partial charge is 0.368 e. The van der Waals surface area contributed by atoms with Crippen molar-refractivity contribution in [2.75, 3.05) is 37.7 Å². The summed E-state index contributed by atoms with van der Waals surface area (Å²) in [4.78, 5) is 25.6. The third-order valence-electron chi connectivity index (χ3n) is 4.68. The third kappa shape index (κ3) is 2.55. The SMILES string of the molecule is Cn1c(N2CCN(C(=O)C3CCCO3)CC2)nc2cccnc21. The van der Waals surface area contributed by atoms with E-state index in [1.165, 1.54) is 0 Å². The number of anilines is 1. The van der Waals surface area contributed by atoms with E-state index < -0.39 is 0 Å². The summed E-state index contributed by atoms with van der Waals surface area (Å²) in [5.41, 5.74) is 1.79. The van der Waals surface area contributed by atoms with Crippen molar-refractivity contribution in [3.05, 3.63) is 18.3 Å². The lowest BCUT2D eigenvalue weighted by atomic mass is 10.2. The molecule has 0 saturated carbocycles. The molecule has 0 aromatic carbocycles. The first-order valence-corrected chi connectivity index (χ1v) is 8.17. The van der Waals surface area contributed by atoms with Crippen LogP contribution < -0.4 is 4.90 Å². The molecule has 4 rings (SSSR count). The van der Waals surface area contributed by atoms with Crippen LogP contribution in [0.15, 0.2) is 18.3 Å². The highest BCUT2D eigenvalue weighted by Crippen LogP contribution is 2.21. The number of nitrogens with zero attached hydrogens (tertiary/aromatic N) is 5. The quantitative estimate of drug-likeness (QED) is 0.820. The Morgan fingerprint density at radius 1 is 1.30 bits per heavy atom. The highest BCUT2D eigenvalue weighted by atomic mass is 16.5. The van der Waals surface area contributed by atoms with Gasteiger partial charge in [0, 0.05) is 46.0 Å². The van der Waals surface area contributed by atoms with E-state index in [1.807, 2.05) is 28.6 Å². The van der Waals surface area contributed by atoms with Gasteiger partial charge >= 0.3 is 0 Å². The molecule has 23 heavy (non-hydrogen) atoms.